The summed E-state index contributed by atoms with van der Waals surface area (Å²) in [6.07, 6.45) is 7.24. The van der Waals surface area contributed by atoms with Gasteiger partial charge < -0.3 is 9.67 Å². The first-order chi connectivity index (χ1) is 8.50. The lowest BCUT2D eigenvalue weighted by molar-refractivity contribution is 0.247. The number of aryl methyl sites for hydroxylation is 1. The Morgan fingerprint density at radius 2 is 1.61 bits per heavy atom. The van der Waals surface area contributed by atoms with Crippen LogP contribution in [0.15, 0.2) is 0 Å². The first kappa shape index (κ1) is 15.2. The monoisotopic (exact) mass is 253 g/mol. The van der Waals surface area contributed by atoms with Crippen LogP contribution in [0.5, 0.6) is 0 Å². The Hall–Kier alpha value is -0.900. The first-order valence-electron chi connectivity index (χ1n) is 7.05. The smallest absolute Gasteiger partial charge is 0.159 e. The summed E-state index contributed by atoms with van der Waals surface area (Å²) >= 11 is 0. The van der Waals surface area contributed by atoms with Crippen LogP contribution in [-0.4, -0.2) is 19.9 Å². The summed E-state index contributed by atoms with van der Waals surface area (Å²) in [5.74, 6) is 1.68. The van der Waals surface area contributed by atoms with Crippen molar-refractivity contribution < 1.29 is 5.11 Å². The van der Waals surface area contributed by atoms with Gasteiger partial charge in [0.15, 0.2) is 5.82 Å². The summed E-state index contributed by atoms with van der Waals surface area (Å²) in [7, 11) is 0. The van der Waals surface area contributed by atoms with Gasteiger partial charge in [-0.15, -0.1) is 10.2 Å². The third-order valence-corrected chi connectivity index (χ3v) is 3.11. The number of nitrogens with zero attached hydrogens (tertiary/aromatic N) is 3. The largest absolute Gasteiger partial charge is 0.388 e. The highest BCUT2D eigenvalue weighted by Gasteiger charge is 2.21. The van der Waals surface area contributed by atoms with E-state index >= 15 is 0 Å². The van der Waals surface area contributed by atoms with Crippen molar-refractivity contribution in [3.05, 3.63) is 11.6 Å². The quantitative estimate of drug-likeness (QED) is 0.760. The lowest BCUT2D eigenvalue weighted by atomic mass is 10.1. The molecule has 0 aliphatic carbocycles. The highest BCUT2D eigenvalue weighted by molar-refractivity contribution is 5.00. The number of hydrogen-bond acceptors (Lipinski definition) is 3. The lowest BCUT2D eigenvalue weighted by Crippen LogP contribution is -2.26. The molecule has 4 heteroatoms. The molecule has 4 nitrogen and oxygen atoms in total. The van der Waals surface area contributed by atoms with Crippen LogP contribution in [0, 0.1) is 0 Å². The number of unbranched alkanes of at least 4 members (excludes halogenated alkanes) is 4. The van der Waals surface area contributed by atoms with E-state index < -0.39 is 0 Å². The summed E-state index contributed by atoms with van der Waals surface area (Å²) in [5.41, 5.74) is -0.0691. The fraction of sp³-hybridized carbons (Fsp3) is 0.857. The number of aliphatic hydroxyl groups excluding tert-OH is 1. The van der Waals surface area contributed by atoms with Crippen molar-refractivity contribution in [1.82, 2.24) is 14.8 Å². The van der Waals surface area contributed by atoms with Crippen LogP contribution < -0.4 is 0 Å². The molecule has 0 aliphatic rings. The Bertz CT molecular complexity index is 352. The van der Waals surface area contributed by atoms with E-state index in [1.807, 2.05) is 0 Å². The van der Waals surface area contributed by atoms with Crippen molar-refractivity contribution in [2.24, 2.45) is 0 Å². The van der Waals surface area contributed by atoms with Gasteiger partial charge in [-0.3, -0.25) is 0 Å². The van der Waals surface area contributed by atoms with E-state index in [-0.39, 0.29) is 12.1 Å². The molecule has 0 bridgehead atoms. The van der Waals surface area contributed by atoms with Gasteiger partial charge in [-0.25, -0.2) is 0 Å². The normalized spacial score (nSPS) is 12.1. The highest BCUT2D eigenvalue weighted by atomic mass is 16.3. The van der Waals surface area contributed by atoms with E-state index in [1.54, 1.807) is 0 Å². The molecular weight excluding hydrogens is 226 g/mol. The number of aliphatic hydroxyl groups is 1. The number of hydrogen-bond donors (Lipinski definition) is 1. The summed E-state index contributed by atoms with van der Waals surface area (Å²) in [6.45, 7) is 8.55. The summed E-state index contributed by atoms with van der Waals surface area (Å²) in [4.78, 5) is 0. The van der Waals surface area contributed by atoms with Gasteiger partial charge in [-0.2, -0.15) is 0 Å². The molecule has 0 spiro atoms. The predicted molar refractivity (Wildman–Crippen MR) is 73.4 cm³/mol. The molecule has 0 unspecified atom stereocenters. The maximum absolute atomic E-state index is 9.31. The van der Waals surface area contributed by atoms with Gasteiger partial charge in [0.1, 0.15) is 12.4 Å². The van der Waals surface area contributed by atoms with Gasteiger partial charge in [0.25, 0.3) is 0 Å². The molecule has 0 atom stereocenters. The van der Waals surface area contributed by atoms with Crippen LogP contribution in [0.4, 0.5) is 0 Å². The molecule has 1 aromatic rings. The topological polar surface area (TPSA) is 50.9 Å². The lowest BCUT2D eigenvalue weighted by Gasteiger charge is -2.24. The fourth-order valence-corrected chi connectivity index (χ4v) is 2.28. The minimum Gasteiger partial charge on any atom is -0.388 e. The Morgan fingerprint density at radius 3 is 2.17 bits per heavy atom. The molecule has 0 fully saturated rings. The van der Waals surface area contributed by atoms with E-state index in [4.69, 9.17) is 0 Å². The van der Waals surface area contributed by atoms with Crippen molar-refractivity contribution in [3.8, 4) is 0 Å². The Morgan fingerprint density at radius 1 is 1.00 bits per heavy atom. The summed E-state index contributed by atoms with van der Waals surface area (Å²) in [5, 5.41) is 17.6. The second-order valence-corrected chi connectivity index (χ2v) is 5.86. The average Bonchev–Trinajstić information content (AvgIpc) is 2.71. The molecule has 104 valence electrons. The minimum atomic E-state index is -0.0691. The van der Waals surface area contributed by atoms with Gasteiger partial charge in [0.05, 0.1) is 0 Å². The SMILES string of the molecule is CCCCCCCc1nnc(CO)n1C(C)(C)C. The first-order valence-corrected chi connectivity index (χ1v) is 7.05. The maximum atomic E-state index is 9.31. The zero-order chi connectivity index (χ0) is 13.6. The van der Waals surface area contributed by atoms with Crippen LogP contribution in [0.3, 0.4) is 0 Å². The van der Waals surface area contributed by atoms with Crippen LogP contribution in [0.2, 0.25) is 0 Å². The van der Waals surface area contributed by atoms with Gasteiger partial charge in [-0.1, -0.05) is 32.6 Å². The Kier molecular flexibility index (Phi) is 5.79. The zero-order valence-electron chi connectivity index (χ0n) is 12.2. The fourth-order valence-electron chi connectivity index (χ4n) is 2.28. The third kappa shape index (κ3) is 4.09. The molecule has 0 saturated heterocycles. The molecule has 0 aromatic carbocycles. The molecule has 0 aliphatic heterocycles. The van der Waals surface area contributed by atoms with Gasteiger partial charge >= 0.3 is 0 Å². The van der Waals surface area contributed by atoms with Crippen molar-refractivity contribution in [3.63, 3.8) is 0 Å². The molecule has 0 radical (unpaired) electrons. The van der Waals surface area contributed by atoms with Crippen LogP contribution in [0.1, 0.15) is 71.4 Å². The standard InChI is InChI=1S/C14H27N3O/c1-5-6-7-8-9-10-12-15-16-13(11-18)17(12)14(2,3)4/h18H,5-11H2,1-4H3. The van der Waals surface area contributed by atoms with Gasteiger partial charge in [-0.05, 0) is 27.2 Å². The van der Waals surface area contributed by atoms with Crippen molar-refractivity contribution in [2.75, 3.05) is 0 Å². The van der Waals surface area contributed by atoms with Crippen molar-refractivity contribution >= 4 is 0 Å². The molecule has 1 heterocycles. The average molecular weight is 253 g/mol. The summed E-state index contributed by atoms with van der Waals surface area (Å²) < 4.78 is 2.08. The second-order valence-electron chi connectivity index (χ2n) is 5.86. The van der Waals surface area contributed by atoms with Crippen LogP contribution in [0.25, 0.3) is 0 Å². The molecule has 1 aromatic heterocycles. The Balaban J connectivity index is 2.63. The van der Waals surface area contributed by atoms with Crippen LogP contribution in [-0.2, 0) is 18.6 Å². The second kappa shape index (κ2) is 6.88. The number of rotatable bonds is 7. The number of aromatic nitrogens is 3. The zero-order valence-corrected chi connectivity index (χ0v) is 12.2. The molecule has 0 amide bonds. The summed E-state index contributed by atoms with van der Waals surface area (Å²) in [6, 6.07) is 0. The molecule has 18 heavy (non-hydrogen) atoms. The van der Waals surface area contributed by atoms with Crippen molar-refractivity contribution in [2.45, 2.75) is 78.4 Å². The molecule has 1 rings (SSSR count). The molecule has 1 N–H and O–H groups in total. The molecular formula is C14H27N3O. The third-order valence-electron chi connectivity index (χ3n) is 3.11. The van der Waals surface area contributed by atoms with E-state index in [0.717, 1.165) is 18.7 Å². The minimum absolute atomic E-state index is 0.0416. The predicted octanol–water partition coefficient (Wildman–Crippen LogP) is 3.04. The van der Waals surface area contributed by atoms with E-state index in [2.05, 4.69) is 42.5 Å². The van der Waals surface area contributed by atoms with E-state index in [1.165, 1.54) is 25.7 Å². The van der Waals surface area contributed by atoms with E-state index in [9.17, 15) is 5.11 Å². The highest BCUT2D eigenvalue weighted by Crippen LogP contribution is 2.20. The van der Waals surface area contributed by atoms with Crippen molar-refractivity contribution in [1.29, 1.82) is 0 Å². The van der Waals surface area contributed by atoms with Gasteiger partial charge in [0, 0.05) is 12.0 Å². The van der Waals surface area contributed by atoms with Gasteiger partial charge in [0.2, 0.25) is 0 Å². The maximum Gasteiger partial charge on any atom is 0.159 e. The van der Waals surface area contributed by atoms with E-state index in [0.29, 0.717) is 5.82 Å². The molecule has 0 saturated carbocycles. The Labute approximate surface area is 110 Å². The van der Waals surface area contributed by atoms with Crippen LogP contribution >= 0.6 is 0 Å².